The van der Waals surface area contributed by atoms with Crippen LogP contribution in [0.1, 0.15) is 51.9 Å². The quantitative estimate of drug-likeness (QED) is 0.278. The number of allylic oxidation sites excluding steroid dienone is 16. The van der Waals surface area contributed by atoms with Gasteiger partial charge in [-0.25, -0.2) is 0 Å². The standard InChI is InChI=1S/3C9H12.C5H6.C4H6/c3*1-2-8-5-7-3-4-9(8)6-7;1-2-4-5-3-1;1-3-4-2/h2-4,7,9H,5-6H2,1H3;2*2-4,7-9H,1,5-6H2;1-4H,5H2;3-4H,1-2H2/b8-2-;;;;. The molecule has 0 amide bonds. The van der Waals surface area contributed by atoms with Gasteiger partial charge in [-0.15, -0.1) is 13.2 Å². The van der Waals surface area contributed by atoms with E-state index >= 15 is 0 Å². The van der Waals surface area contributed by atoms with Gasteiger partial charge in [0.05, 0.1) is 0 Å². The zero-order chi connectivity index (χ0) is 25.8. The molecule has 8 atom stereocenters. The van der Waals surface area contributed by atoms with Crippen LogP contribution >= 0.6 is 0 Å². The van der Waals surface area contributed by atoms with Gasteiger partial charge in [-0.2, -0.15) is 0 Å². The van der Waals surface area contributed by atoms with Crippen LogP contribution in [0.4, 0.5) is 0 Å². The third kappa shape index (κ3) is 7.95. The van der Waals surface area contributed by atoms with Crippen LogP contribution < -0.4 is 0 Å². The van der Waals surface area contributed by atoms with Crippen LogP contribution in [0.3, 0.4) is 0 Å². The Morgan fingerprint density at radius 2 is 1.17 bits per heavy atom. The lowest BCUT2D eigenvalue weighted by Crippen LogP contribution is -2.01. The van der Waals surface area contributed by atoms with E-state index in [1.165, 1.54) is 38.5 Å². The molecule has 8 unspecified atom stereocenters. The summed E-state index contributed by atoms with van der Waals surface area (Å²) in [5, 5.41) is 0. The first-order chi connectivity index (χ1) is 17.6. The van der Waals surface area contributed by atoms with Crippen LogP contribution in [-0.4, -0.2) is 0 Å². The van der Waals surface area contributed by atoms with E-state index in [1.807, 2.05) is 0 Å². The minimum absolute atomic E-state index is 0.806. The highest BCUT2D eigenvalue weighted by Gasteiger charge is 2.34. The first-order valence-electron chi connectivity index (χ1n) is 14.1. The van der Waals surface area contributed by atoms with E-state index in [1.54, 1.807) is 17.7 Å². The molecule has 7 aliphatic carbocycles. The summed E-state index contributed by atoms with van der Waals surface area (Å²) >= 11 is 0. The minimum atomic E-state index is 0.806. The molecule has 36 heavy (non-hydrogen) atoms. The second kappa shape index (κ2) is 14.8. The summed E-state index contributed by atoms with van der Waals surface area (Å²) in [4.78, 5) is 0. The Balaban J connectivity index is 0.000000130. The highest BCUT2D eigenvalue weighted by Crippen LogP contribution is 2.44. The fourth-order valence-corrected chi connectivity index (χ4v) is 6.57. The average molecular weight is 481 g/mol. The molecule has 0 aliphatic heterocycles. The summed E-state index contributed by atoms with van der Waals surface area (Å²) in [5.41, 5.74) is 1.67. The van der Waals surface area contributed by atoms with Crippen LogP contribution in [-0.2, 0) is 0 Å². The normalized spacial score (nSPS) is 36.8. The molecule has 0 N–H and O–H groups in total. The van der Waals surface area contributed by atoms with Gasteiger partial charge in [0.25, 0.3) is 0 Å². The molecular weight excluding hydrogens is 432 g/mol. The molecule has 0 aromatic carbocycles. The highest BCUT2D eigenvalue weighted by atomic mass is 14.4. The largest absolute Gasteiger partial charge is 0.103 e. The molecule has 0 aromatic rings. The molecule has 0 heteroatoms. The number of fused-ring (bicyclic) bond motifs is 6. The fraction of sp³-hybridized carbons (Fsp3) is 0.444. The molecule has 0 radical (unpaired) electrons. The van der Waals surface area contributed by atoms with Gasteiger partial charge < -0.3 is 0 Å². The number of rotatable bonds is 3. The predicted molar refractivity (Wildman–Crippen MR) is 160 cm³/mol. The third-order valence-electron chi connectivity index (χ3n) is 8.61. The Hall–Kier alpha value is -2.60. The van der Waals surface area contributed by atoms with Crippen molar-refractivity contribution in [2.45, 2.75) is 51.9 Å². The van der Waals surface area contributed by atoms with Crippen LogP contribution in [0.5, 0.6) is 0 Å². The van der Waals surface area contributed by atoms with Crippen LogP contribution in [0.25, 0.3) is 0 Å². The molecule has 192 valence electrons. The first-order valence-corrected chi connectivity index (χ1v) is 14.1. The van der Waals surface area contributed by atoms with Gasteiger partial charge in [-0.3, -0.25) is 0 Å². The lowest BCUT2D eigenvalue weighted by atomic mass is 9.94. The van der Waals surface area contributed by atoms with Crippen LogP contribution in [0, 0.1) is 47.3 Å². The Morgan fingerprint density at radius 1 is 0.639 bits per heavy atom. The zero-order valence-electron chi connectivity index (χ0n) is 22.6. The summed E-state index contributed by atoms with van der Waals surface area (Å²) in [7, 11) is 0. The maximum atomic E-state index is 3.83. The molecule has 0 aromatic heterocycles. The molecule has 3 fully saturated rings. The van der Waals surface area contributed by atoms with Gasteiger partial charge in [0.15, 0.2) is 0 Å². The summed E-state index contributed by atoms with van der Waals surface area (Å²) in [6.45, 7) is 16.5. The van der Waals surface area contributed by atoms with E-state index in [0.717, 1.165) is 53.8 Å². The van der Waals surface area contributed by atoms with Gasteiger partial charge in [-0.1, -0.05) is 110 Å². The maximum absolute atomic E-state index is 3.83. The van der Waals surface area contributed by atoms with E-state index in [0.29, 0.717) is 0 Å². The zero-order valence-corrected chi connectivity index (χ0v) is 22.6. The second-order valence-electron chi connectivity index (χ2n) is 11.0. The average Bonchev–Trinajstić information content (AvgIpc) is 3.77. The Kier molecular flexibility index (Phi) is 11.5. The molecule has 7 aliphatic rings. The Morgan fingerprint density at radius 3 is 1.36 bits per heavy atom. The molecule has 0 nitrogen and oxygen atoms in total. The maximum Gasteiger partial charge on any atom is -0.00174 e. The predicted octanol–water partition coefficient (Wildman–Crippen LogP) is 10.2. The van der Waals surface area contributed by atoms with Gasteiger partial charge in [0.2, 0.25) is 0 Å². The summed E-state index contributed by atoms with van der Waals surface area (Å²) in [5.74, 6) is 6.86. The molecule has 7 rings (SSSR count). The first kappa shape index (κ1) is 28.0. The minimum Gasteiger partial charge on any atom is -0.103 e. The van der Waals surface area contributed by atoms with E-state index in [4.69, 9.17) is 0 Å². The van der Waals surface area contributed by atoms with Crippen molar-refractivity contribution in [3.63, 3.8) is 0 Å². The molecule has 0 saturated heterocycles. The Labute approximate surface area is 222 Å². The van der Waals surface area contributed by atoms with Crippen molar-refractivity contribution >= 4 is 0 Å². The van der Waals surface area contributed by atoms with Crippen molar-refractivity contribution in [3.05, 3.63) is 123 Å². The monoisotopic (exact) mass is 480 g/mol. The van der Waals surface area contributed by atoms with Gasteiger partial charge in [0, 0.05) is 0 Å². The number of hydrogen-bond acceptors (Lipinski definition) is 0. The van der Waals surface area contributed by atoms with E-state index in [2.05, 4.69) is 112 Å². The van der Waals surface area contributed by atoms with Gasteiger partial charge in [-0.05, 0) is 99.2 Å². The molecule has 0 spiro atoms. The topological polar surface area (TPSA) is 0 Å². The van der Waals surface area contributed by atoms with Crippen molar-refractivity contribution in [1.82, 2.24) is 0 Å². The second-order valence-corrected chi connectivity index (χ2v) is 11.0. The third-order valence-corrected chi connectivity index (χ3v) is 8.61. The van der Waals surface area contributed by atoms with Crippen LogP contribution in [0.2, 0.25) is 0 Å². The molecule has 6 bridgehead atoms. The summed E-state index contributed by atoms with van der Waals surface area (Å²) in [6.07, 6.45) is 41.8. The Bertz CT molecular complexity index is 862. The lowest BCUT2D eigenvalue weighted by molar-refractivity contribution is 0.551. The summed E-state index contributed by atoms with van der Waals surface area (Å²) < 4.78 is 0. The van der Waals surface area contributed by atoms with Crippen molar-refractivity contribution in [2.75, 3.05) is 0 Å². The number of hydrogen-bond donors (Lipinski definition) is 0. The van der Waals surface area contributed by atoms with Gasteiger partial charge >= 0.3 is 0 Å². The fourth-order valence-electron chi connectivity index (χ4n) is 6.57. The van der Waals surface area contributed by atoms with Crippen molar-refractivity contribution < 1.29 is 0 Å². The smallest absolute Gasteiger partial charge is 0.00174 e. The van der Waals surface area contributed by atoms with E-state index in [-0.39, 0.29) is 0 Å². The van der Waals surface area contributed by atoms with Crippen molar-refractivity contribution in [2.24, 2.45) is 47.3 Å². The van der Waals surface area contributed by atoms with Crippen molar-refractivity contribution in [1.29, 1.82) is 0 Å². The molecule has 3 saturated carbocycles. The van der Waals surface area contributed by atoms with E-state index in [9.17, 15) is 0 Å². The molecule has 0 heterocycles. The van der Waals surface area contributed by atoms with Crippen molar-refractivity contribution in [3.8, 4) is 0 Å². The SMILES string of the molecule is C/C=C1/CC2C=CC1C2.C1=CCC=C1.C=CC1CC2C=CC1C2.C=CC1CC2C=CC1C2.C=CC=C. The lowest BCUT2D eigenvalue weighted by Gasteiger charge is -2.11. The highest BCUT2D eigenvalue weighted by molar-refractivity contribution is 5.26. The van der Waals surface area contributed by atoms with E-state index < -0.39 is 0 Å². The molecular formula is C36H48. The van der Waals surface area contributed by atoms with Gasteiger partial charge in [0.1, 0.15) is 0 Å². The van der Waals surface area contributed by atoms with Crippen LogP contribution in [0.15, 0.2) is 123 Å². The summed E-state index contributed by atoms with van der Waals surface area (Å²) in [6, 6.07) is 0.